The monoisotopic (exact) mass is 980 g/mol. The fourth-order valence-electron chi connectivity index (χ4n) is 3.86. The van der Waals surface area contributed by atoms with Crippen molar-refractivity contribution in [2.45, 2.75) is 24.5 Å². The van der Waals surface area contributed by atoms with Crippen molar-refractivity contribution in [2.24, 2.45) is 17.8 Å². The largest absolute Gasteiger partial charge is 0.458 e. The van der Waals surface area contributed by atoms with Crippen LogP contribution in [0.2, 0.25) is 0 Å². The van der Waals surface area contributed by atoms with Crippen LogP contribution in [0.15, 0.2) is 51.1 Å². The van der Waals surface area contributed by atoms with Crippen LogP contribution in [0.4, 0.5) is 8.78 Å². The van der Waals surface area contributed by atoms with Crippen LogP contribution >= 0.6 is 95.6 Å². The molecule has 0 amide bonds. The van der Waals surface area contributed by atoms with Gasteiger partial charge in [-0.05, 0) is 107 Å². The number of rotatable bonds is 8. The first-order valence-corrected chi connectivity index (χ1v) is 17.3. The summed E-state index contributed by atoms with van der Waals surface area (Å²) in [6.45, 7) is -1.96. The highest BCUT2D eigenvalue weighted by molar-refractivity contribution is 9.12. The third kappa shape index (κ3) is 9.01. The van der Waals surface area contributed by atoms with E-state index in [2.05, 4.69) is 100 Å². The summed E-state index contributed by atoms with van der Waals surface area (Å²) in [7, 11) is -5.85. The van der Waals surface area contributed by atoms with Crippen LogP contribution in [0, 0.1) is 17.8 Å². The summed E-state index contributed by atoms with van der Waals surface area (Å²) >= 11 is 19.8. The molecule has 224 valence electrons. The van der Waals surface area contributed by atoms with Gasteiger partial charge in [-0.2, -0.15) is 17.2 Å². The smallest absolute Gasteiger partial charge is 0.402 e. The lowest BCUT2D eigenvalue weighted by molar-refractivity contribution is -0.160. The highest BCUT2D eigenvalue weighted by Crippen LogP contribution is 2.42. The van der Waals surface area contributed by atoms with Crippen LogP contribution in [0.5, 0.6) is 11.5 Å². The molecule has 2 atom stereocenters. The highest BCUT2D eigenvalue weighted by atomic mass is 79.9. The lowest BCUT2D eigenvalue weighted by Crippen LogP contribution is -2.40. The van der Waals surface area contributed by atoms with Crippen molar-refractivity contribution in [3.05, 3.63) is 51.1 Å². The number of alkyl halides is 2. The molecule has 1 aliphatic rings. The third-order valence-corrected chi connectivity index (χ3v) is 9.94. The minimum atomic E-state index is -5.85. The van der Waals surface area contributed by atoms with Gasteiger partial charge in [0.15, 0.2) is 18.1 Å². The maximum atomic E-state index is 13.7. The second-order valence-electron chi connectivity index (χ2n) is 8.76. The van der Waals surface area contributed by atoms with Crippen molar-refractivity contribution < 1.29 is 50.3 Å². The molecule has 1 fully saturated rings. The number of ether oxygens (including phenoxy) is 3. The van der Waals surface area contributed by atoms with E-state index >= 15 is 0 Å². The van der Waals surface area contributed by atoms with E-state index in [0.29, 0.717) is 26.8 Å². The molecule has 0 bridgehead atoms. The molecule has 3 rings (SSSR count). The summed E-state index contributed by atoms with van der Waals surface area (Å²) in [6, 6.07) is 6.49. The van der Waals surface area contributed by atoms with Gasteiger partial charge in [0.1, 0.15) is 0 Å². The number of esters is 3. The molecule has 2 aromatic rings. The van der Waals surface area contributed by atoms with Gasteiger partial charge in [-0.1, -0.05) is 31.9 Å². The molecular weight excluding hydrogens is 970 g/mol. The first-order chi connectivity index (χ1) is 18.9. The highest BCUT2D eigenvalue weighted by Gasteiger charge is 2.47. The predicted octanol–water partition coefficient (Wildman–Crippen LogP) is 7.83. The van der Waals surface area contributed by atoms with Crippen LogP contribution in [-0.2, 0) is 29.2 Å². The number of benzene rings is 2. The van der Waals surface area contributed by atoms with E-state index in [-0.39, 0.29) is 30.8 Å². The van der Waals surface area contributed by atoms with Crippen LogP contribution in [0.25, 0.3) is 0 Å². The molecule has 0 aromatic heterocycles. The number of carbonyl (C=O) groups excluding carboxylic acids is 3. The molecule has 1 saturated carbocycles. The number of halogens is 8. The quantitative estimate of drug-likeness (QED) is 0.160. The molecule has 9 nitrogen and oxygen atoms in total. The fourth-order valence-corrected chi connectivity index (χ4v) is 8.91. The zero-order valence-corrected chi connectivity index (χ0v) is 30.3. The molecule has 1 aliphatic carbocycles. The molecule has 2 aromatic carbocycles. The van der Waals surface area contributed by atoms with Gasteiger partial charge in [0.25, 0.3) is 0 Å². The molecule has 0 aliphatic heterocycles. The second kappa shape index (κ2) is 14.1. The van der Waals surface area contributed by atoms with Crippen molar-refractivity contribution in [1.29, 1.82) is 0 Å². The van der Waals surface area contributed by atoms with Crippen molar-refractivity contribution in [3.8, 4) is 11.5 Å². The Morgan fingerprint density at radius 1 is 0.732 bits per heavy atom. The summed E-state index contributed by atoms with van der Waals surface area (Å²) in [4.78, 5) is 39.2. The molecule has 0 radical (unpaired) electrons. The minimum Gasteiger partial charge on any atom is -0.458 e. The summed E-state index contributed by atoms with van der Waals surface area (Å²) in [5.74, 6) is -6.14. The van der Waals surface area contributed by atoms with Gasteiger partial charge in [-0.3, -0.25) is 18.9 Å². The first-order valence-electron chi connectivity index (χ1n) is 11.1. The topological polar surface area (TPSA) is 133 Å². The van der Waals surface area contributed by atoms with Crippen molar-refractivity contribution >= 4 is 124 Å². The maximum absolute atomic E-state index is 13.7. The Balaban J connectivity index is 1.86. The molecular formula is C23H16Br6F2O9S. The summed E-state index contributed by atoms with van der Waals surface area (Å²) < 4.78 is 76.4. The molecule has 41 heavy (non-hydrogen) atoms. The maximum Gasteiger partial charge on any atom is 0.402 e. The summed E-state index contributed by atoms with van der Waals surface area (Å²) in [5, 5.41) is -4.76. The van der Waals surface area contributed by atoms with E-state index in [4.69, 9.17) is 14.0 Å². The third-order valence-electron chi connectivity index (χ3n) is 5.80. The average molecular weight is 986 g/mol. The van der Waals surface area contributed by atoms with E-state index in [9.17, 15) is 31.6 Å². The molecule has 0 spiro atoms. The van der Waals surface area contributed by atoms with Gasteiger partial charge < -0.3 is 14.2 Å². The Morgan fingerprint density at radius 2 is 1.05 bits per heavy atom. The lowest BCUT2D eigenvalue weighted by atomic mass is 9.75. The van der Waals surface area contributed by atoms with Crippen LogP contribution in [0.1, 0.15) is 19.3 Å². The van der Waals surface area contributed by atoms with Gasteiger partial charge in [-0.15, -0.1) is 0 Å². The summed E-state index contributed by atoms with van der Waals surface area (Å²) in [6.07, 6.45) is -0.618. The Morgan fingerprint density at radius 3 is 1.37 bits per heavy atom. The van der Waals surface area contributed by atoms with Crippen molar-refractivity contribution in [3.63, 3.8) is 0 Å². The Labute approximate surface area is 282 Å². The van der Waals surface area contributed by atoms with Gasteiger partial charge >= 0.3 is 33.3 Å². The molecule has 2 unspecified atom stereocenters. The second-order valence-corrected chi connectivity index (χ2v) is 15.6. The lowest BCUT2D eigenvalue weighted by Gasteiger charge is -2.31. The zero-order valence-electron chi connectivity index (χ0n) is 20.0. The average Bonchev–Trinajstić information content (AvgIpc) is 2.85. The van der Waals surface area contributed by atoms with Gasteiger partial charge in [0, 0.05) is 8.95 Å². The minimum absolute atomic E-state index is 0.111. The first kappa shape index (κ1) is 35.0. The molecule has 0 heterocycles. The van der Waals surface area contributed by atoms with E-state index in [0.717, 1.165) is 0 Å². The van der Waals surface area contributed by atoms with Gasteiger partial charge in [-0.25, -0.2) is 0 Å². The van der Waals surface area contributed by atoms with Crippen LogP contribution < -0.4 is 9.47 Å². The van der Waals surface area contributed by atoms with Gasteiger partial charge in [0.05, 0.1) is 35.6 Å². The standard InChI is InChI=1S/C23H16Br6F2O9S/c24-12-4-14(26)18(15(27)5-12)39-21(33)10-1-9(20(32)38-8-23(30,31)41(35,36)37)2-11(3-10)22(34)40-19-16(28)6-13(25)7-17(19)29/h4-7,9-11H,1-3,8H2,(H,35,36,37). The van der Waals surface area contributed by atoms with E-state index in [1.54, 1.807) is 24.3 Å². The summed E-state index contributed by atoms with van der Waals surface area (Å²) in [5.41, 5.74) is 0. The Hall–Kier alpha value is -0.500. The van der Waals surface area contributed by atoms with Crippen LogP contribution in [-0.4, -0.2) is 42.7 Å². The predicted molar refractivity (Wildman–Crippen MR) is 162 cm³/mol. The molecule has 0 saturated heterocycles. The number of carbonyl (C=O) groups is 3. The fraction of sp³-hybridized carbons (Fsp3) is 0.348. The molecule has 18 heteroatoms. The normalized spacial score (nSPS) is 19.4. The SMILES string of the molecule is O=C(OCC(F)(F)S(=O)(=O)O)C1CC(C(=O)Oc2c(Br)cc(Br)cc2Br)CC(C(=O)Oc2c(Br)cc(Br)cc2Br)C1. The van der Waals surface area contributed by atoms with Gasteiger partial charge in [0.2, 0.25) is 0 Å². The molecule has 1 N–H and O–H groups in total. The number of hydrogen-bond donors (Lipinski definition) is 1. The van der Waals surface area contributed by atoms with E-state index < -0.39 is 57.6 Å². The van der Waals surface area contributed by atoms with E-state index in [1.165, 1.54) is 0 Å². The Bertz CT molecular complexity index is 1360. The van der Waals surface area contributed by atoms with E-state index in [1.807, 2.05) is 0 Å². The zero-order chi connectivity index (χ0) is 30.9. The Kier molecular flexibility index (Phi) is 12.0. The van der Waals surface area contributed by atoms with Crippen molar-refractivity contribution in [2.75, 3.05) is 6.61 Å². The van der Waals surface area contributed by atoms with Crippen molar-refractivity contribution in [1.82, 2.24) is 0 Å². The van der Waals surface area contributed by atoms with Crippen LogP contribution in [0.3, 0.4) is 0 Å². The number of hydrogen-bond acceptors (Lipinski definition) is 8.